The van der Waals surface area contributed by atoms with Crippen molar-refractivity contribution in [3.8, 4) is 100 Å². The molecule has 0 spiro atoms. The Bertz CT molecular complexity index is 3530. The van der Waals surface area contributed by atoms with Gasteiger partial charge in [-0.25, -0.2) is 0 Å². The fourth-order valence-corrected chi connectivity index (χ4v) is 12.0. The van der Waals surface area contributed by atoms with Crippen molar-refractivity contribution in [1.29, 1.82) is 0 Å². The highest BCUT2D eigenvalue weighted by molar-refractivity contribution is 6.01. The highest BCUT2D eigenvalue weighted by Gasteiger charge is 2.24. The van der Waals surface area contributed by atoms with E-state index in [4.69, 9.17) is 0 Å². The second-order valence-corrected chi connectivity index (χ2v) is 23.5. The van der Waals surface area contributed by atoms with E-state index in [-0.39, 0.29) is 0 Å². The van der Waals surface area contributed by atoms with Gasteiger partial charge in [-0.05, 0) is 367 Å². The highest BCUT2D eigenvalue weighted by atomic mass is 14.3. The van der Waals surface area contributed by atoms with Crippen LogP contribution in [-0.4, -0.2) is 0 Å². The zero-order chi connectivity index (χ0) is 55.8. The third-order valence-corrected chi connectivity index (χ3v) is 18.4. The minimum Gasteiger partial charge on any atom is -0.0622 e. The van der Waals surface area contributed by atoms with E-state index in [1.165, 1.54) is 200 Å². The van der Waals surface area contributed by atoms with E-state index in [2.05, 4.69) is 270 Å². The van der Waals surface area contributed by atoms with Gasteiger partial charge in [-0.1, -0.05) is 103 Å². The van der Waals surface area contributed by atoms with Crippen molar-refractivity contribution in [1.82, 2.24) is 0 Å². The fraction of sp³-hybridized carbons (Fsp3) is 0.231. The van der Waals surface area contributed by atoms with Crippen LogP contribution < -0.4 is 0 Å². The Labute approximate surface area is 468 Å². The summed E-state index contributed by atoms with van der Waals surface area (Å²) in [5, 5.41) is 0. The number of hydrogen-bond donors (Lipinski definition) is 0. The monoisotopic (exact) mass is 1010 g/mol. The van der Waals surface area contributed by atoms with Crippen LogP contribution in [0, 0.1) is 125 Å². The van der Waals surface area contributed by atoms with Crippen LogP contribution in [0.15, 0.2) is 146 Å². The van der Waals surface area contributed by atoms with Crippen LogP contribution in [-0.2, 0) is 0 Å². The number of rotatable bonds is 9. The Hall–Kier alpha value is -7.80. The van der Waals surface area contributed by atoms with Crippen LogP contribution in [0.1, 0.15) is 100 Å². The molecule has 0 aromatic heterocycles. The van der Waals surface area contributed by atoms with E-state index in [9.17, 15) is 0 Å². The molecule has 0 atom stereocenters. The summed E-state index contributed by atoms with van der Waals surface area (Å²) in [7, 11) is 0. The Morgan fingerprint density at radius 3 is 0.551 bits per heavy atom. The lowest BCUT2D eigenvalue weighted by Gasteiger charge is -2.23. The molecule has 0 fully saturated rings. The predicted molar refractivity (Wildman–Crippen MR) is 341 cm³/mol. The van der Waals surface area contributed by atoms with Gasteiger partial charge in [-0.2, -0.15) is 0 Å². The summed E-state index contributed by atoms with van der Waals surface area (Å²) in [5.74, 6) is 0. The molecular formula is C78H78. The SMILES string of the molecule is Cc1cc(-c2cc(-c3cc(-c4ccccc4)cc(-c4cc(-c5cc(C)c(C)c(C)c5)c(-c5cc(C)c(C)c(C)c5)c(-c5cc(C)c(C)c(C)c5)c4)c3)cc(-c3cc(C)c(C)c(C)c3)c2-c2cc(C)c(C)c(C)c2)cc(C)c1C. The molecule has 0 bridgehead atoms. The minimum atomic E-state index is 1.18. The quantitative estimate of drug-likeness (QED) is 0.135. The summed E-state index contributed by atoms with van der Waals surface area (Å²) in [4.78, 5) is 0. The van der Waals surface area contributed by atoms with Crippen LogP contribution in [0.2, 0.25) is 0 Å². The van der Waals surface area contributed by atoms with Gasteiger partial charge < -0.3 is 0 Å². The molecule has 0 saturated carbocycles. The molecule has 0 radical (unpaired) electrons. The van der Waals surface area contributed by atoms with Gasteiger partial charge in [0.2, 0.25) is 0 Å². The number of hydrogen-bond acceptors (Lipinski definition) is 0. The molecule has 0 heterocycles. The Morgan fingerprint density at radius 2 is 0.333 bits per heavy atom. The molecule has 0 aliphatic rings. The number of benzene rings is 10. The molecule has 10 rings (SSSR count). The highest BCUT2D eigenvalue weighted by Crippen LogP contribution is 2.49. The molecule has 0 nitrogen and oxygen atoms in total. The molecule has 0 aliphatic carbocycles. The van der Waals surface area contributed by atoms with Gasteiger partial charge in [-0.15, -0.1) is 0 Å². The average Bonchev–Trinajstić information content (AvgIpc) is 3.47. The molecule has 0 heteroatoms. The summed E-state index contributed by atoms with van der Waals surface area (Å²) in [5.41, 5.74) is 45.8. The first kappa shape index (κ1) is 53.6. The van der Waals surface area contributed by atoms with Crippen molar-refractivity contribution in [2.45, 2.75) is 125 Å². The molecule has 0 N–H and O–H groups in total. The molecule has 78 heavy (non-hydrogen) atoms. The van der Waals surface area contributed by atoms with Gasteiger partial charge in [-0.3, -0.25) is 0 Å². The van der Waals surface area contributed by atoms with Gasteiger partial charge in [0.15, 0.2) is 0 Å². The van der Waals surface area contributed by atoms with E-state index in [0.717, 1.165) is 0 Å². The first-order valence-corrected chi connectivity index (χ1v) is 28.1. The molecule has 10 aromatic rings. The van der Waals surface area contributed by atoms with Gasteiger partial charge in [0.25, 0.3) is 0 Å². The zero-order valence-corrected chi connectivity index (χ0v) is 49.9. The second-order valence-electron chi connectivity index (χ2n) is 23.5. The van der Waals surface area contributed by atoms with Crippen LogP contribution >= 0.6 is 0 Å². The van der Waals surface area contributed by atoms with Gasteiger partial charge in [0.1, 0.15) is 0 Å². The minimum absolute atomic E-state index is 1.18. The third kappa shape index (κ3) is 9.92. The molecule has 0 saturated heterocycles. The molecule has 390 valence electrons. The zero-order valence-electron chi connectivity index (χ0n) is 49.9. The van der Waals surface area contributed by atoms with E-state index in [1.54, 1.807) is 0 Å². The summed E-state index contributed by atoms with van der Waals surface area (Å²) >= 11 is 0. The molecule has 0 aliphatic heterocycles. The van der Waals surface area contributed by atoms with Crippen LogP contribution in [0.3, 0.4) is 0 Å². The van der Waals surface area contributed by atoms with Crippen molar-refractivity contribution >= 4 is 0 Å². The van der Waals surface area contributed by atoms with Crippen molar-refractivity contribution in [2.75, 3.05) is 0 Å². The fourth-order valence-electron chi connectivity index (χ4n) is 12.0. The van der Waals surface area contributed by atoms with E-state index in [0.29, 0.717) is 0 Å². The Morgan fingerprint density at radius 1 is 0.154 bits per heavy atom. The van der Waals surface area contributed by atoms with Crippen LogP contribution in [0.25, 0.3) is 100 Å². The molecule has 10 aromatic carbocycles. The maximum absolute atomic E-state index is 2.51. The first-order chi connectivity index (χ1) is 37.1. The lowest BCUT2D eigenvalue weighted by molar-refractivity contribution is 1.26. The molecule has 0 amide bonds. The summed E-state index contributed by atoms with van der Waals surface area (Å²) in [6, 6.07) is 57.4. The van der Waals surface area contributed by atoms with Crippen molar-refractivity contribution < 1.29 is 0 Å². The summed E-state index contributed by atoms with van der Waals surface area (Å²) in [6.07, 6.45) is 0. The summed E-state index contributed by atoms with van der Waals surface area (Å²) < 4.78 is 0. The average molecular weight is 1020 g/mol. The van der Waals surface area contributed by atoms with Gasteiger partial charge >= 0.3 is 0 Å². The van der Waals surface area contributed by atoms with Crippen LogP contribution in [0.4, 0.5) is 0 Å². The maximum Gasteiger partial charge on any atom is -0.00262 e. The molecular weight excluding hydrogens is 937 g/mol. The topological polar surface area (TPSA) is 0 Å². The van der Waals surface area contributed by atoms with E-state index >= 15 is 0 Å². The lowest BCUT2D eigenvalue weighted by atomic mass is 9.80. The second kappa shape index (κ2) is 20.9. The van der Waals surface area contributed by atoms with Crippen molar-refractivity contribution in [3.63, 3.8) is 0 Å². The predicted octanol–water partition coefficient (Wildman–Crippen LogP) is 22.2. The normalized spacial score (nSPS) is 11.5. The van der Waals surface area contributed by atoms with Crippen LogP contribution in [0.5, 0.6) is 0 Å². The van der Waals surface area contributed by atoms with E-state index < -0.39 is 0 Å². The third-order valence-electron chi connectivity index (χ3n) is 18.4. The van der Waals surface area contributed by atoms with Gasteiger partial charge in [0.05, 0.1) is 0 Å². The first-order valence-electron chi connectivity index (χ1n) is 28.1. The van der Waals surface area contributed by atoms with Crippen molar-refractivity contribution in [3.05, 3.63) is 246 Å². The van der Waals surface area contributed by atoms with Gasteiger partial charge in [0, 0.05) is 0 Å². The Balaban J connectivity index is 1.36. The van der Waals surface area contributed by atoms with Crippen molar-refractivity contribution in [2.24, 2.45) is 0 Å². The number of aryl methyl sites for hydroxylation is 12. The van der Waals surface area contributed by atoms with E-state index in [1.807, 2.05) is 0 Å². The summed E-state index contributed by atoms with van der Waals surface area (Å²) in [6.45, 7) is 40.8. The molecule has 0 unspecified atom stereocenters. The standard InChI is InChI=1S/C78H78/c1-43-24-67(25-44(2)55(43)13)73-39-65(40-74(68-26-45(3)56(14)46(4)27-68)77(73)71-32-51(9)59(17)52(10)33-71)63-36-62(61-22-20-19-21-23-61)37-64(38-63)66-41-75(69-28-47(5)57(15)48(6)29-69)78(72-34-53(11)60(18)54(12)35-72)76(42-66)70-30-49(7)58(16)50(8)31-70/h19-42H,1-18H3. The lowest BCUT2D eigenvalue weighted by Crippen LogP contribution is -1.99. The smallest absolute Gasteiger partial charge is 0.00262 e. The Kier molecular flexibility index (Phi) is 14.3. The largest absolute Gasteiger partial charge is 0.0622 e. The maximum atomic E-state index is 2.51.